The molecule has 2 rings (SSSR count). The number of carbonyl (C=O) groups excluding carboxylic acids is 1. The molecule has 1 amide bonds. The third kappa shape index (κ3) is 5.94. The predicted octanol–water partition coefficient (Wildman–Crippen LogP) is 1.58. The molecule has 0 unspecified atom stereocenters. The molecule has 2 N–H and O–H groups in total. The van der Waals surface area contributed by atoms with Crippen molar-refractivity contribution >= 4 is 11.6 Å². The first-order valence-corrected chi connectivity index (χ1v) is 8.66. The van der Waals surface area contributed by atoms with Gasteiger partial charge in [0, 0.05) is 38.5 Å². The fourth-order valence-electron chi connectivity index (χ4n) is 2.96. The Morgan fingerprint density at radius 2 is 1.83 bits per heavy atom. The van der Waals surface area contributed by atoms with Gasteiger partial charge in [0.15, 0.2) is 0 Å². The predicted molar refractivity (Wildman–Crippen MR) is 93.6 cm³/mol. The Labute approximate surface area is 139 Å². The average Bonchev–Trinajstić information content (AvgIpc) is 2.57. The second-order valence-electron chi connectivity index (χ2n) is 6.11. The average molecular weight is 319 g/mol. The van der Waals surface area contributed by atoms with Crippen LogP contribution in [0.3, 0.4) is 0 Å². The highest BCUT2D eigenvalue weighted by Gasteiger charge is 2.18. The van der Waals surface area contributed by atoms with E-state index < -0.39 is 0 Å². The maximum Gasteiger partial charge on any atom is 0.238 e. The fraction of sp³-hybridized carbons (Fsp3) is 0.611. The number of aryl methyl sites for hydroxylation is 1. The van der Waals surface area contributed by atoms with Crippen molar-refractivity contribution in [3.8, 4) is 0 Å². The van der Waals surface area contributed by atoms with Crippen molar-refractivity contribution in [1.29, 1.82) is 0 Å². The molecule has 0 aromatic heterocycles. The molecule has 0 atom stereocenters. The Hall–Kier alpha value is -1.43. The number of aliphatic hydroxyl groups excluding tert-OH is 1. The molecule has 5 heteroatoms. The summed E-state index contributed by atoms with van der Waals surface area (Å²) in [6, 6.07) is 7.99. The lowest BCUT2D eigenvalue weighted by Crippen LogP contribution is -2.48. The van der Waals surface area contributed by atoms with E-state index in [0.29, 0.717) is 6.54 Å². The second-order valence-corrected chi connectivity index (χ2v) is 6.11. The number of carbonyl (C=O) groups is 1. The van der Waals surface area contributed by atoms with E-state index in [9.17, 15) is 4.79 Å². The molecule has 23 heavy (non-hydrogen) atoms. The first kappa shape index (κ1) is 17.9. The number of anilines is 1. The number of benzene rings is 1. The van der Waals surface area contributed by atoms with Gasteiger partial charge in [-0.25, -0.2) is 0 Å². The summed E-state index contributed by atoms with van der Waals surface area (Å²) in [7, 11) is 0. The van der Waals surface area contributed by atoms with Crippen molar-refractivity contribution < 1.29 is 9.90 Å². The fourth-order valence-corrected chi connectivity index (χ4v) is 2.96. The summed E-state index contributed by atoms with van der Waals surface area (Å²) in [6.45, 7) is 7.76. The van der Waals surface area contributed by atoms with Crippen LogP contribution in [-0.4, -0.2) is 66.7 Å². The molecule has 0 radical (unpaired) electrons. The van der Waals surface area contributed by atoms with Gasteiger partial charge < -0.3 is 15.3 Å². The third-order valence-electron chi connectivity index (χ3n) is 4.39. The lowest BCUT2D eigenvalue weighted by molar-refractivity contribution is -0.117. The summed E-state index contributed by atoms with van der Waals surface area (Å²) in [5, 5.41) is 11.9. The minimum atomic E-state index is 0.0691. The van der Waals surface area contributed by atoms with E-state index in [1.165, 1.54) is 5.56 Å². The van der Waals surface area contributed by atoms with E-state index in [0.717, 1.165) is 57.7 Å². The van der Waals surface area contributed by atoms with Crippen LogP contribution in [0.4, 0.5) is 5.69 Å². The Balaban J connectivity index is 1.72. The number of nitrogens with zero attached hydrogens (tertiary/aromatic N) is 2. The van der Waals surface area contributed by atoms with Gasteiger partial charge in [-0.1, -0.05) is 25.1 Å². The van der Waals surface area contributed by atoms with Crippen LogP contribution in [0.5, 0.6) is 0 Å². The highest BCUT2D eigenvalue weighted by atomic mass is 16.2. The molecular formula is C18H29N3O2. The number of rotatable bonds is 8. The molecule has 0 bridgehead atoms. The van der Waals surface area contributed by atoms with Crippen LogP contribution in [0.1, 0.15) is 25.3 Å². The van der Waals surface area contributed by atoms with Crippen molar-refractivity contribution in [2.75, 3.05) is 51.2 Å². The highest BCUT2D eigenvalue weighted by Crippen LogP contribution is 2.15. The summed E-state index contributed by atoms with van der Waals surface area (Å²) < 4.78 is 0. The van der Waals surface area contributed by atoms with Crippen LogP contribution in [0.25, 0.3) is 0 Å². The van der Waals surface area contributed by atoms with Gasteiger partial charge in [-0.2, -0.15) is 0 Å². The molecule has 5 nitrogen and oxygen atoms in total. The number of para-hydroxylation sites is 1. The van der Waals surface area contributed by atoms with Crippen LogP contribution < -0.4 is 5.32 Å². The van der Waals surface area contributed by atoms with Crippen LogP contribution in [0.2, 0.25) is 0 Å². The summed E-state index contributed by atoms with van der Waals surface area (Å²) >= 11 is 0. The molecule has 0 spiro atoms. The maximum atomic E-state index is 12.2. The number of hydrogen-bond donors (Lipinski definition) is 2. The normalized spacial score (nSPS) is 16.4. The first-order chi connectivity index (χ1) is 11.2. The number of piperazine rings is 1. The molecule has 1 aromatic rings. The van der Waals surface area contributed by atoms with E-state index >= 15 is 0 Å². The topological polar surface area (TPSA) is 55.8 Å². The van der Waals surface area contributed by atoms with Crippen molar-refractivity contribution in [3.05, 3.63) is 29.8 Å². The second kappa shape index (κ2) is 9.65. The van der Waals surface area contributed by atoms with Crippen LogP contribution in [0.15, 0.2) is 24.3 Å². The van der Waals surface area contributed by atoms with Gasteiger partial charge >= 0.3 is 0 Å². The molecule has 1 saturated heterocycles. The Kier molecular flexibility index (Phi) is 7.52. The number of hydrogen-bond acceptors (Lipinski definition) is 4. The van der Waals surface area contributed by atoms with Gasteiger partial charge in [0.25, 0.3) is 0 Å². The van der Waals surface area contributed by atoms with Crippen molar-refractivity contribution in [1.82, 2.24) is 9.80 Å². The summed E-state index contributed by atoms with van der Waals surface area (Å²) in [4.78, 5) is 16.9. The van der Waals surface area contributed by atoms with Gasteiger partial charge in [0.2, 0.25) is 5.91 Å². The molecule has 128 valence electrons. The molecule has 1 heterocycles. The van der Waals surface area contributed by atoms with E-state index in [-0.39, 0.29) is 12.5 Å². The van der Waals surface area contributed by atoms with Crippen LogP contribution in [-0.2, 0) is 11.2 Å². The Morgan fingerprint density at radius 3 is 2.52 bits per heavy atom. The van der Waals surface area contributed by atoms with E-state index in [2.05, 4.69) is 28.1 Å². The van der Waals surface area contributed by atoms with Crippen molar-refractivity contribution in [3.63, 3.8) is 0 Å². The molecule has 1 aliphatic heterocycles. The molecule has 1 aliphatic rings. The summed E-state index contributed by atoms with van der Waals surface area (Å²) in [5.41, 5.74) is 2.11. The summed E-state index contributed by atoms with van der Waals surface area (Å²) in [5.74, 6) is 0.0691. The monoisotopic (exact) mass is 319 g/mol. The van der Waals surface area contributed by atoms with Crippen LogP contribution in [0, 0.1) is 0 Å². The van der Waals surface area contributed by atoms with E-state index in [1.54, 1.807) is 0 Å². The number of nitrogens with one attached hydrogen (secondary N) is 1. The van der Waals surface area contributed by atoms with E-state index in [4.69, 9.17) is 5.11 Å². The molecule has 0 aliphatic carbocycles. The molecule has 1 aromatic carbocycles. The zero-order valence-corrected chi connectivity index (χ0v) is 14.1. The highest BCUT2D eigenvalue weighted by molar-refractivity contribution is 5.93. The molecule has 1 fully saturated rings. The maximum absolute atomic E-state index is 12.2. The Morgan fingerprint density at radius 1 is 1.13 bits per heavy atom. The lowest BCUT2D eigenvalue weighted by Gasteiger charge is -2.34. The zero-order chi connectivity index (χ0) is 16.5. The van der Waals surface area contributed by atoms with Crippen molar-refractivity contribution in [2.45, 2.75) is 26.2 Å². The van der Waals surface area contributed by atoms with E-state index in [1.807, 2.05) is 18.2 Å². The van der Waals surface area contributed by atoms with Gasteiger partial charge in [-0.05, 0) is 37.4 Å². The Bertz CT molecular complexity index is 485. The zero-order valence-electron chi connectivity index (χ0n) is 14.1. The molecular weight excluding hydrogens is 290 g/mol. The first-order valence-electron chi connectivity index (χ1n) is 8.66. The standard InChI is InChI=1S/C18H29N3O2/c1-2-16-7-3-4-8-17(16)19-18(23)15-21-12-10-20(11-13-21)9-5-6-14-22/h3-4,7-8,22H,2,5-6,9-15H2,1H3,(H,19,23). The minimum absolute atomic E-state index is 0.0691. The number of aliphatic hydroxyl groups is 1. The van der Waals surface area contributed by atoms with Crippen molar-refractivity contribution in [2.24, 2.45) is 0 Å². The quantitative estimate of drug-likeness (QED) is 0.714. The van der Waals surface area contributed by atoms with Crippen LogP contribution >= 0.6 is 0 Å². The van der Waals surface area contributed by atoms with Gasteiger partial charge in [0.1, 0.15) is 0 Å². The third-order valence-corrected chi connectivity index (χ3v) is 4.39. The SMILES string of the molecule is CCc1ccccc1NC(=O)CN1CCN(CCCCO)CC1. The number of amides is 1. The van der Waals surface area contributed by atoms with Gasteiger partial charge in [-0.15, -0.1) is 0 Å². The van der Waals surface area contributed by atoms with Gasteiger partial charge in [-0.3, -0.25) is 9.69 Å². The number of unbranched alkanes of at least 4 members (excludes halogenated alkanes) is 1. The minimum Gasteiger partial charge on any atom is -0.396 e. The molecule has 0 saturated carbocycles. The lowest BCUT2D eigenvalue weighted by atomic mass is 10.1. The largest absolute Gasteiger partial charge is 0.396 e. The summed E-state index contributed by atoms with van der Waals surface area (Å²) in [6.07, 6.45) is 2.84. The smallest absolute Gasteiger partial charge is 0.238 e. The van der Waals surface area contributed by atoms with Gasteiger partial charge in [0.05, 0.1) is 6.54 Å².